The monoisotopic (exact) mass is 219 g/mol. The highest BCUT2D eigenvalue weighted by Gasteiger charge is 2.11. The predicted octanol–water partition coefficient (Wildman–Crippen LogP) is 3.14. The van der Waals surface area contributed by atoms with Gasteiger partial charge in [-0.15, -0.1) is 6.58 Å². The minimum atomic E-state index is -0.136. The van der Waals surface area contributed by atoms with Crippen LogP contribution in [-0.4, -0.2) is 12.1 Å². The Labute approximate surface area is 98.3 Å². The van der Waals surface area contributed by atoms with Crippen LogP contribution in [0.5, 0.6) is 5.75 Å². The van der Waals surface area contributed by atoms with Crippen molar-refractivity contribution in [1.29, 1.82) is 0 Å². The molecule has 2 heteroatoms. The lowest BCUT2D eigenvalue weighted by Crippen LogP contribution is -2.22. The van der Waals surface area contributed by atoms with Gasteiger partial charge in [0.1, 0.15) is 11.4 Å². The van der Waals surface area contributed by atoms with Crippen molar-refractivity contribution in [3.63, 3.8) is 0 Å². The van der Waals surface area contributed by atoms with Crippen molar-refractivity contribution in [1.82, 2.24) is 5.32 Å². The average Bonchev–Trinajstić information content (AvgIpc) is 2.19. The SMILES string of the molecule is C=CCNCc1ccc(OC(C)(C)C)cc1. The lowest BCUT2D eigenvalue weighted by Gasteiger charge is -2.21. The van der Waals surface area contributed by atoms with Crippen LogP contribution in [0.1, 0.15) is 26.3 Å². The summed E-state index contributed by atoms with van der Waals surface area (Å²) in [5.74, 6) is 0.917. The maximum atomic E-state index is 5.75. The molecule has 16 heavy (non-hydrogen) atoms. The minimum absolute atomic E-state index is 0.136. The van der Waals surface area contributed by atoms with Crippen molar-refractivity contribution >= 4 is 0 Å². The van der Waals surface area contributed by atoms with Crippen LogP contribution in [0.4, 0.5) is 0 Å². The second-order valence-corrected chi connectivity index (χ2v) is 4.78. The Hall–Kier alpha value is -1.28. The zero-order valence-corrected chi connectivity index (χ0v) is 10.4. The van der Waals surface area contributed by atoms with Gasteiger partial charge in [-0.25, -0.2) is 0 Å². The van der Waals surface area contributed by atoms with Crippen LogP contribution in [0.2, 0.25) is 0 Å². The van der Waals surface area contributed by atoms with Crippen molar-refractivity contribution in [2.24, 2.45) is 0 Å². The van der Waals surface area contributed by atoms with E-state index in [4.69, 9.17) is 4.74 Å². The zero-order valence-electron chi connectivity index (χ0n) is 10.4. The minimum Gasteiger partial charge on any atom is -0.488 e. The van der Waals surface area contributed by atoms with Crippen molar-refractivity contribution in [2.75, 3.05) is 6.54 Å². The molecule has 0 unspecified atom stereocenters. The third-order valence-electron chi connectivity index (χ3n) is 1.97. The van der Waals surface area contributed by atoms with E-state index in [1.165, 1.54) is 5.56 Å². The standard InChI is InChI=1S/C14H21NO/c1-5-10-15-11-12-6-8-13(9-7-12)16-14(2,3)4/h5-9,15H,1,10-11H2,2-4H3. The van der Waals surface area contributed by atoms with Gasteiger partial charge in [0.15, 0.2) is 0 Å². The molecule has 2 nitrogen and oxygen atoms in total. The van der Waals surface area contributed by atoms with Crippen LogP contribution in [0.25, 0.3) is 0 Å². The Balaban J connectivity index is 2.51. The van der Waals surface area contributed by atoms with Crippen molar-refractivity contribution in [3.05, 3.63) is 42.5 Å². The maximum Gasteiger partial charge on any atom is 0.120 e. The van der Waals surface area contributed by atoms with Gasteiger partial charge in [0, 0.05) is 13.1 Å². The maximum absolute atomic E-state index is 5.75. The molecule has 0 spiro atoms. The number of benzene rings is 1. The third-order valence-corrected chi connectivity index (χ3v) is 1.97. The fourth-order valence-electron chi connectivity index (χ4n) is 1.35. The fraction of sp³-hybridized carbons (Fsp3) is 0.429. The predicted molar refractivity (Wildman–Crippen MR) is 68.7 cm³/mol. The molecule has 0 saturated carbocycles. The van der Waals surface area contributed by atoms with Crippen LogP contribution in [0.15, 0.2) is 36.9 Å². The summed E-state index contributed by atoms with van der Waals surface area (Å²) >= 11 is 0. The topological polar surface area (TPSA) is 21.3 Å². The summed E-state index contributed by atoms with van der Waals surface area (Å²) in [4.78, 5) is 0. The summed E-state index contributed by atoms with van der Waals surface area (Å²) in [6, 6.07) is 8.18. The van der Waals surface area contributed by atoms with Gasteiger partial charge in [0.05, 0.1) is 0 Å². The van der Waals surface area contributed by atoms with Gasteiger partial charge in [-0.05, 0) is 38.5 Å². The van der Waals surface area contributed by atoms with Gasteiger partial charge in [-0.1, -0.05) is 18.2 Å². The first kappa shape index (κ1) is 12.8. The summed E-state index contributed by atoms with van der Waals surface area (Å²) in [6.45, 7) is 11.5. The molecule has 0 aliphatic rings. The average molecular weight is 219 g/mol. The fourth-order valence-corrected chi connectivity index (χ4v) is 1.35. The molecule has 88 valence electrons. The Kier molecular flexibility index (Phi) is 4.56. The van der Waals surface area contributed by atoms with Crippen LogP contribution < -0.4 is 10.1 Å². The lowest BCUT2D eigenvalue weighted by atomic mass is 10.1. The largest absolute Gasteiger partial charge is 0.488 e. The quantitative estimate of drug-likeness (QED) is 0.607. The zero-order chi connectivity index (χ0) is 12.0. The highest BCUT2D eigenvalue weighted by Crippen LogP contribution is 2.18. The number of hydrogen-bond acceptors (Lipinski definition) is 2. The molecule has 0 heterocycles. The molecular weight excluding hydrogens is 198 g/mol. The van der Waals surface area contributed by atoms with Crippen LogP contribution >= 0.6 is 0 Å². The van der Waals surface area contributed by atoms with Gasteiger partial charge >= 0.3 is 0 Å². The highest BCUT2D eigenvalue weighted by molar-refractivity contribution is 5.27. The second-order valence-electron chi connectivity index (χ2n) is 4.78. The molecule has 0 bridgehead atoms. The molecule has 1 aromatic carbocycles. The summed E-state index contributed by atoms with van der Waals surface area (Å²) in [5.41, 5.74) is 1.12. The Morgan fingerprint density at radius 2 is 1.88 bits per heavy atom. The van der Waals surface area contributed by atoms with Crippen LogP contribution in [0.3, 0.4) is 0 Å². The summed E-state index contributed by atoms with van der Waals surface area (Å²) in [5, 5.41) is 3.26. The van der Waals surface area contributed by atoms with E-state index in [2.05, 4.69) is 24.0 Å². The molecule has 0 aromatic heterocycles. The van der Waals surface area contributed by atoms with Crippen LogP contribution in [0, 0.1) is 0 Å². The smallest absolute Gasteiger partial charge is 0.120 e. The molecule has 0 radical (unpaired) electrons. The van der Waals surface area contributed by atoms with Crippen molar-refractivity contribution in [2.45, 2.75) is 32.9 Å². The first-order chi connectivity index (χ1) is 7.51. The Morgan fingerprint density at radius 1 is 1.25 bits per heavy atom. The van der Waals surface area contributed by atoms with Crippen molar-refractivity contribution < 1.29 is 4.74 Å². The molecule has 0 atom stereocenters. The number of ether oxygens (including phenoxy) is 1. The molecule has 1 aromatic rings. The summed E-state index contributed by atoms with van der Waals surface area (Å²) < 4.78 is 5.75. The Bertz CT molecular complexity index is 322. The van der Waals surface area contributed by atoms with Gasteiger partial charge in [-0.2, -0.15) is 0 Å². The van der Waals surface area contributed by atoms with E-state index >= 15 is 0 Å². The first-order valence-corrected chi connectivity index (χ1v) is 5.61. The number of hydrogen-bond donors (Lipinski definition) is 1. The van der Waals surface area contributed by atoms with E-state index in [0.29, 0.717) is 0 Å². The van der Waals surface area contributed by atoms with E-state index in [1.807, 2.05) is 39.0 Å². The van der Waals surface area contributed by atoms with Crippen LogP contribution in [-0.2, 0) is 6.54 Å². The molecule has 0 fully saturated rings. The van der Waals surface area contributed by atoms with E-state index in [1.54, 1.807) is 0 Å². The van der Waals surface area contributed by atoms with Gasteiger partial charge in [0.2, 0.25) is 0 Å². The van der Waals surface area contributed by atoms with E-state index in [0.717, 1.165) is 18.8 Å². The molecule has 0 aliphatic carbocycles. The highest BCUT2D eigenvalue weighted by atomic mass is 16.5. The van der Waals surface area contributed by atoms with E-state index < -0.39 is 0 Å². The molecule has 0 amide bonds. The summed E-state index contributed by atoms with van der Waals surface area (Å²) in [7, 11) is 0. The summed E-state index contributed by atoms with van der Waals surface area (Å²) in [6.07, 6.45) is 1.86. The van der Waals surface area contributed by atoms with E-state index in [-0.39, 0.29) is 5.60 Å². The number of nitrogens with one attached hydrogen (secondary N) is 1. The molecular formula is C14H21NO. The number of rotatable bonds is 5. The first-order valence-electron chi connectivity index (χ1n) is 5.61. The van der Waals surface area contributed by atoms with E-state index in [9.17, 15) is 0 Å². The van der Waals surface area contributed by atoms with Crippen molar-refractivity contribution in [3.8, 4) is 5.75 Å². The molecule has 1 rings (SSSR count). The molecule has 1 N–H and O–H groups in total. The third kappa shape index (κ3) is 4.99. The Morgan fingerprint density at radius 3 is 2.38 bits per heavy atom. The second kappa shape index (κ2) is 5.71. The normalized spacial score (nSPS) is 11.2. The lowest BCUT2D eigenvalue weighted by molar-refractivity contribution is 0.131. The van der Waals surface area contributed by atoms with Gasteiger partial charge in [-0.3, -0.25) is 0 Å². The molecule has 0 saturated heterocycles. The van der Waals surface area contributed by atoms with Gasteiger partial charge < -0.3 is 10.1 Å². The molecule has 0 aliphatic heterocycles. The van der Waals surface area contributed by atoms with Gasteiger partial charge in [0.25, 0.3) is 0 Å².